The molecule has 134 valence electrons. The molecule has 7 nitrogen and oxygen atoms in total. The second-order valence-electron chi connectivity index (χ2n) is 5.80. The first-order valence-corrected chi connectivity index (χ1v) is 8.20. The predicted octanol–water partition coefficient (Wildman–Crippen LogP) is 1.40. The molecule has 0 fully saturated rings. The van der Waals surface area contributed by atoms with E-state index in [1.54, 1.807) is 31.4 Å². The molecule has 0 radical (unpaired) electrons. The highest BCUT2D eigenvalue weighted by Gasteiger charge is 2.09. The van der Waals surface area contributed by atoms with Crippen LogP contribution in [0.4, 0.5) is 0 Å². The number of methoxy groups -OCH3 is 1. The summed E-state index contributed by atoms with van der Waals surface area (Å²) in [4.78, 5) is 38.3. The lowest BCUT2D eigenvalue weighted by atomic mass is 10.2. The number of rotatable bonds is 6. The fourth-order valence-electron chi connectivity index (χ4n) is 2.71. The minimum absolute atomic E-state index is 0.131. The van der Waals surface area contributed by atoms with Crippen LogP contribution in [0.5, 0.6) is 5.75 Å². The Hall–Kier alpha value is -3.35. The van der Waals surface area contributed by atoms with Crippen molar-refractivity contribution in [2.45, 2.75) is 19.5 Å². The molecule has 0 atom stereocenters. The number of hydrogen-bond acceptors (Lipinski definition) is 4. The number of ether oxygens (including phenoxy) is 1. The number of nitrogens with one attached hydrogen (secondary N) is 2. The van der Waals surface area contributed by atoms with Gasteiger partial charge in [-0.2, -0.15) is 0 Å². The summed E-state index contributed by atoms with van der Waals surface area (Å²) in [6.07, 6.45) is 0.131. The van der Waals surface area contributed by atoms with Gasteiger partial charge in [0, 0.05) is 19.5 Å². The van der Waals surface area contributed by atoms with Crippen LogP contribution in [0.25, 0.3) is 10.9 Å². The van der Waals surface area contributed by atoms with Crippen LogP contribution >= 0.6 is 0 Å². The number of H-pyrrole nitrogens is 1. The molecule has 0 aliphatic rings. The van der Waals surface area contributed by atoms with Crippen LogP contribution < -0.4 is 21.3 Å². The Morgan fingerprint density at radius 2 is 1.85 bits per heavy atom. The van der Waals surface area contributed by atoms with Crippen LogP contribution in [0.2, 0.25) is 0 Å². The third-order valence-corrected chi connectivity index (χ3v) is 4.12. The molecule has 0 aliphatic heterocycles. The fraction of sp³-hybridized carbons (Fsp3) is 0.211. The monoisotopic (exact) mass is 353 g/mol. The maximum Gasteiger partial charge on any atom is 0.328 e. The van der Waals surface area contributed by atoms with E-state index in [1.807, 2.05) is 24.3 Å². The van der Waals surface area contributed by atoms with Gasteiger partial charge in [-0.25, -0.2) is 4.79 Å². The Kier molecular flexibility index (Phi) is 5.17. The molecule has 0 bridgehead atoms. The van der Waals surface area contributed by atoms with Gasteiger partial charge >= 0.3 is 5.69 Å². The molecule has 7 heteroatoms. The van der Waals surface area contributed by atoms with Crippen LogP contribution in [0.3, 0.4) is 0 Å². The molecule has 1 amide bonds. The summed E-state index contributed by atoms with van der Waals surface area (Å²) in [5.41, 5.74) is 0.525. The van der Waals surface area contributed by atoms with E-state index in [0.29, 0.717) is 17.4 Å². The summed E-state index contributed by atoms with van der Waals surface area (Å²) in [6.45, 7) is 0.578. The average molecular weight is 353 g/mol. The number of benzene rings is 2. The SMILES string of the molecule is COc1ccc(CNC(=O)CCn2c(=O)[nH]c(=O)c3ccccc32)cc1. The minimum atomic E-state index is -0.517. The lowest BCUT2D eigenvalue weighted by Gasteiger charge is -2.10. The second kappa shape index (κ2) is 7.69. The normalized spacial score (nSPS) is 10.7. The smallest absolute Gasteiger partial charge is 0.328 e. The summed E-state index contributed by atoms with van der Waals surface area (Å²) in [6, 6.07) is 14.2. The zero-order chi connectivity index (χ0) is 18.5. The van der Waals surface area contributed by atoms with Crippen molar-refractivity contribution in [3.05, 3.63) is 74.9 Å². The summed E-state index contributed by atoms with van der Waals surface area (Å²) in [7, 11) is 1.60. The highest BCUT2D eigenvalue weighted by Crippen LogP contribution is 2.11. The molecular weight excluding hydrogens is 334 g/mol. The number of aromatic amines is 1. The number of amides is 1. The van der Waals surface area contributed by atoms with Crippen molar-refractivity contribution < 1.29 is 9.53 Å². The van der Waals surface area contributed by atoms with Gasteiger partial charge in [0.05, 0.1) is 18.0 Å². The van der Waals surface area contributed by atoms with Crippen LogP contribution in [-0.4, -0.2) is 22.6 Å². The Morgan fingerprint density at radius 1 is 1.12 bits per heavy atom. The molecule has 0 spiro atoms. The van der Waals surface area contributed by atoms with E-state index >= 15 is 0 Å². The minimum Gasteiger partial charge on any atom is -0.497 e. The molecule has 3 rings (SSSR count). The van der Waals surface area contributed by atoms with E-state index in [2.05, 4.69) is 10.3 Å². The lowest BCUT2D eigenvalue weighted by Crippen LogP contribution is -2.32. The van der Waals surface area contributed by atoms with Crippen LogP contribution in [-0.2, 0) is 17.9 Å². The summed E-state index contributed by atoms with van der Waals surface area (Å²) in [5, 5.41) is 3.24. The largest absolute Gasteiger partial charge is 0.497 e. The third kappa shape index (κ3) is 3.83. The van der Waals surface area contributed by atoms with Gasteiger partial charge in [-0.15, -0.1) is 0 Å². The standard InChI is InChI=1S/C19H19N3O4/c1-26-14-8-6-13(7-9-14)12-20-17(23)10-11-22-16-5-3-2-4-15(16)18(24)21-19(22)25/h2-9H,10-12H2,1H3,(H,20,23)(H,21,24,25). The second-order valence-corrected chi connectivity index (χ2v) is 5.80. The molecule has 2 N–H and O–H groups in total. The summed E-state index contributed by atoms with van der Waals surface area (Å²) < 4.78 is 6.50. The van der Waals surface area contributed by atoms with Gasteiger partial charge in [-0.05, 0) is 29.8 Å². The number of aromatic nitrogens is 2. The third-order valence-electron chi connectivity index (χ3n) is 4.12. The van der Waals surface area contributed by atoms with Crippen LogP contribution in [0, 0.1) is 0 Å². The molecule has 0 aliphatic carbocycles. The van der Waals surface area contributed by atoms with Gasteiger partial charge in [0.15, 0.2) is 0 Å². The Bertz CT molecular complexity index is 1040. The van der Waals surface area contributed by atoms with Gasteiger partial charge in [0.25, 0.3) is 5.56 Å². The van der Waals surface area contributed by atoms with E-state index in [-0.39, 0.29) is 18.9 Å². The lowest BCUT2D eigenvalue weighted by molar-refractivity contribution is -0.121. The molecular formula is C19H19N3O4. The molecule has 1 heterocycles. The number of nitrogens with zero attached hydrogens (tertiary/aromatic N) is 1. The quantitative estimate of drug-likeness (QED) is 0.701. The molecule has 1 aromatic heterocycles. The van der Waals surface area contributed by atoms with E-state index in [4.69, 9.17) is 4.74 Å². The first-order chi connectivity index (χ1) is 12.6. The molecule has 0 unspecified atom stereocenters. The van der Waals surface area contributed by atoms with E-state index in [9.17, 15) is 14.4 Å². The van der Waals surface area contributed by atoms with Gasteiger partial charge in [0.1, 0.15) is 5.75 Å². The molecule has 0 saturated heterocycles. The summed E-state index contributed by atoms with van der Waals surface area (Å²) in [5.74, 6) is 0.576. The number of fused-ring (bicyclic) bond motifs is 1. The summed E-state index contributed by atoms with van der Waals surface area (Å²) >= 11 is 0. The van der Waals surface area contributed by atoms with Crippen molar-refractivity contribution in [3.63, 3.8) is 0 Å². The molecule has 2 aromatic carbocycles. The average Bonchev–Trinajstić information content (AvgIpc) is 2.66. The first kappa shape index (κ1) is 17.5. The van der Waals surface area contributed by atoms with Crippen molar-refractivity contribution in [1.82, 2.24) is 14.9 Å². The number of hydrogen-bond donors (Lipinski definition) is 2. The maximum absolute atomic E-state index is 12.1. The fourth-order valence-corrected chi connectivity index (χ4v) is 2.71. The van der Waals surface area contributed by atoms with Crippen molar-refractivity contribution in [1.29, 1.82) is 0 Å². The number of carbonyl (C=O) groups is 1. The number of carbonyl (C=O) groups excluding carboxylic acids is 1. The highest BCUT2D eigenvalue weighted by atomic mass is 16.5. The van der Waals surface area contributed by atoms with Gasteiger partial charge < -0.3 is 10.1 Å². The van der Waals surface area contributed by atoms with Crippen molar-refractivity contribution in [2.75, 3.05) is 7.11 Å². The first-order valence-electron chi connectivity index (χ1n) is 8.20. The van der Waals surface area contributed by atoms with E-state index in [1.165, 1.54) is 4.57 Å². The predicted molar refractivity (Wildman–Crippen MR) is 98.3 cm³/mol. The van der Waals surface area contributed by atoms with Crippen LogP contribution in [0.1, 0.15) is 12.0 Å². The van der Waals surface area contributed by atoms with Crippen molar-refractivity contribution in [2.24, 2.45) is 0 Å². The number of aryl methyl sites for hydroxylation is 1. The molecule has 3 aromatic rings. The zero-order valence-electron chi connectivity index (χ0n) is 14.3. The van der Waals surface area contributed by atoms with Gasteiger partial charge in [0.2, 0.25) is 5.91 Å². The van der Waals surface area contributed by atoms with Crippen molar-refractivity contribution >= 4 is 16.8 Å². The zero-order valence-corrected chi connectivity index (χ0v) is 14.3. The molecule has 26 heavy (non-hydrogen) atoms. The topological polar surface area (TPSA) is 93.2 Å². The molecule has 0 saturated carbocycles. The van der Waals surface area contributed by atoms with Crippen LogP contribution in [0.15, 0.2) is 58.1 Å². The Morgan fingerprint density at radius 3 is 2.58 bits per heavy atom. The van der Waals surface area contributed by atoms with E-state index < -0.39 is 11.2 Å². The van der Waals surface area contributed by atoms with Crippen molar-refractivity contribution in [3.8, 4) is 5.75 Å². The number of para-hydroxylation sites is 1. The maximum atomic E-state index is 12.1. The van der Waals surface area contributed by atoms with E-state index in [0.717, 1.165) is 11.3 Å². The van der Waals surface area contributed by atoms with Gasteiger partial charge in [-0.3, -0.25) is 19.1 Å². The Labute approximate surface area is 149 Å². The highest BCUT2D eigenvalue weighted by molar-refractivity contribution is 5.78. The Balaban J connectivity index is 1.65. The van der Waals surface area contributed by atoms with Gasteiger partial charge in [-0.1, -0.05) is 24.3 Å².